The number of hydrogen-bond acceptors (Lipinski definition) is 10. The van der Waals surface area contributed by atoms with Gasteiger partial charge in [0.05, 0.1) is 13.2 Å². The maximum absolute atomic E-state index is 15.0. The fourth-order valence-corrected chi connectivity index (χ4v) is 7.74. The molecule has 3 aromatic carbocycles. The summed E-state index contributed by atoms with van der Waals surface area (Å²) in [6, 6.07) is 22.3. The lowest BCUT2D eigenvalue weighted by Crippen LogP contribution is -2.70. The number of carbonyl (C=O) groups excluding carboxylic acids is 3. The molecule has 4 fully saturated rings. The highest BCUT2D eigenvalue weighted by atomic mass is 16.8. The molecular formula is C38H41N3O9. The predicted molar refractivity (Wildman–Crippen MR) is 180 cm³/mol. The monoisotopic (exact) mass is 683 g/mol. The lowest BCUT2D eigenvalue weighted by Gasteiger charge is -2.50. The molecule has 0 spiro atoms. The van der Waals surface area contributed by atoms with E-state index < -0.39 is 59.7 Å². The van der Waals surface area contributed by atoms with E-state index in [1.165, 1.54) is 9.96 Å². The summed E-state index contributed by atoms with van der Waals surface area (Å²) in [6.45, 7) is -0.0485. The largest absolute Gasteiger partial charge is 0.508 e. The molecule has 12 heteroatoms. The average molecular weight is 684 g/mol. The van der Waals surface area contributed by atoms with Crippen molar-refractivity contribution in [1.82, 2.24) is 15.3 Å². The highest BCUT2D eigenvalue weighted by molar-refractivity contribution is 5.96. The molecule has 12 nitrogen and oxygen atoms in total. The second kappa shape index (κ2) is 14.3. The van der Waals surface area contributed by atoms with Gasteiger partial charge in [0.1, 0.15) is 48.4 Å². The van der Waals surface area contributed by atoms with E-state index in [1.54, 1.807) is 19.2 Å². The number of allylic oxidation sites excluding steroid dienone is 1. The average Bonchev–Trinajstić information content (AvgIpc) is 3.76. The normalized spacial score (nSPS) is 27.5. The van der Waals surface area contributed by atoms with Crippen molar-refractivity contribution in [3.8, 4) is 5.75 Å². The Morgan fingerprint density at radius 1 is 1.02 bits per heavy atom. The molecule has 1 aliphatic carbocycles. The van der Waals surface area contributed by atoms with Gasteiger partial charge in [-0.3, -0.25) is 19.2 Å². The second-order valence-corrected chi connectivity index (χ2v) is 13.2. The van der Waals surface area contributed by atoms with Gasteiger partial charge in [-0.2, -0.15) is 5.06 Å². The highest BCUT2D eigenvalue weighted by Crippen LogP contribution is 2.56. The van der Waals surface area contributed by atoms with E-state index in [9.17, 15) is 24.6 Å². The molecule has 7 atom stereocenters. The molecular weight excluding hydrogens is 642 g/mol. The number of phenols is 1. The molecule has 3 saturated heterocycles. The molecule has 0 radical (unpaired) electrons. The number of rotatable bonds is 12. The summed E-state index contributed by atoms with van der Waals surface area (Å²) in [5, 5.41) is 23.7. The van der Waals surface area contributed by atoms with Gasteiger partial charge in [0, 0.05) is 26.4 Å². The second-order valence-electron chi connectivity index (χ2n) is 13.2. The Morgan fingerprint density at radius 3 is 2.52 bits per heavy atom. The Morgan fingerprint density at radius 2 is 1.76 bits per heavy atom. The first-order valence-electron chi connectivity index (χ1n) is 16.9. The van der Waals surface area contributed by atoms with Crippen LogP contribution < -0.4 is 5.32 Å². The Labute approximate surface area is 290 Å². The van der Waals surface area contributed by atoms with Crippen molar-refractivity contribution in [2.75, 3.05) is 27.0 Å². The van der Waals surface area contributed by atoms with Crippen LogP contribution in [0.1, 0.15) is 28.7 Å². The summed E-state index contributed by atoms with van der Waals surface area (Å²) < 4.78 is 17.8. The van der Waals surface area contributed by atoms with E-state index in [0.717, 1.165) is 22.3 Å². The molecule has 0 aromatic heterocycles. The summed E-state index contributed by atoms with van der Waals surface area (Å²) in [4.78, 5) is 50.3. The minimum atomic E-state index is -1.42. The summed E-state index contributed by atoms with van der Waals surface area (Å²) in [6.07, 6.45) is 2.06. The van der Waals surface area contributed by atoms with Crippen molar-refractivity contribution in [1.29, 1.82) is 0 Å². The topological polar surface area (TPSA) is 147 Å². The van der Waals surface area contributed by atoms with Crippen molar-refractivity contribution >= 4 is 23.9 Å². The number of esters is 1. The molecule has 7 unspecified atom stereocenters. The number of ether oxygens (including phenoxy) is 3. The first-order chi connectivity index (χ1) is 24.3. The van der Waals surface area contributed by atoms with Crippen LogP contribution in [0.2, 0.25) is 0 Å². The van der Waals surface area contributed by atoms with Crippen LogP contribution in [-0.2, 0) is 52.8 Å². The molecule has 1 saturated carbocycles. The van der Waals surface area contributed by atoms with Gasteiger partial charge in [0.25, 0.3) is 0 Å². The molecule has 4 aliphatic rings. The van der Waals surface area contributed by atoms with Crippen LogP contribution in [-0.4, -0.2) is 101 Å². The smallest absolute Gasteiger partial charge is 0.327 e. The maximum atomic E-state index is 15.0. The molecule has 2 bridgehead atoms. The number of aromatic hydroxyl groups is 1. The minimum absolute atomic E-state index is 0.0207. The molecule has 2 amide bonds. The number of likely N-dealkylation sites (N-methyl/N-ethyl adjacent to an activating group) is 1. The molecule has 3 aliphatic heterocycles. The molecule has 262 valence electrons. The lowest BCUT2D eigenvalue weighted by molar-refractivity contribution is -0.204. The van der Waals surface area contributed by atoms with Gasteiger partial charge in [-0.05, 0) is 34.7 Å². The predicted octanol–water partition coefficient (Wildman–Crippen LogP) is 2.37. The number of amides is 2. The van der Waals surface area contributed by atoms with Crippen molar-refractivity contribution in [2.24, 2.45) is 5.41 Å². The summed E-state index contributed by atoms with van der Waals surface area (Å²) in [5.41, 5.74) is 2.07. The van der Waals surface area contributed by atoms with E-state index in [0.29, 0.717) is 6.42 Å². The Hall–Kier alpha value is -4.59. The Kier molecular flexibility index (Phi) is 9.71. The number of nitrogens with zero attached hydrogens (tertiary/aromatic N) is 2. The van der Waals surface area contributed by atoms with Crippen LogP contribution in [0.3, 0.4) is 0 Å². The first kappa shape index (κ1) is 33.9. The number of hydroxylamine groups is 2. The van der Waals surface area contributed by atoms with E-state index in [4.69, 9.17) is 19.0 Å². The van der Waals surface area contributed by atoms with Gasteiger partial charge in [-0.15, -0.1) is 0 Å². The van der Waals surface area contributed by atoms with Gasteiger partial charge in [-0.25, -0.2) is 0 Å². The summed E-state index contributed by atoms with van der Waals surface area (Å²) in [5.74, 6) is -1.17. The number of phenolic OH excluding ortho intramolecular Hbond substituents is 1. The fourth-order valence-electron chi connectivity index (χ4n) is 7.74. The van der Waals surface area contributed by atoms with Crippen LogP contribution in [0.25, 0.3) is 6.08 Å². The van der Waals surface area contributed by atoms with Crippen LogP contribution in [0.15, 0.2) is 84.9 Å². The van der Waals surface area contributed by atoms with E-state index >= 15 is 0 Å². The molecule has 3 N–H and O–H groups in total. The zero-order valence-electron chi connectivity index (χ0n) is 27.7. The number of hydrogen-bond donors (Lipinski definition) is 3. The third-order valence-corrected chi connectivity index (χ3v) is 10.2. The van der Waals surface area contributed by atoms with Crippen molar-refractivity contribution in [2.45, 2.75) is 62.3 Å². The third-order valence-electron chi connectivity index (χ3n) is 10.2. The van der Waals surface area contributed by atoms with E-state index in [1.807, 2.05) is 78.9 Å². The molecule has 7 rings (SSSR count). The number of aliphatic hydroxyl groups is 1. The van der Waals surface area contributed by atoms with Crippen molar-refractivity contribution < 1.29 is 43.6 Å². The third kappa shape index (κ3) is 6.29. The number of carbonyl (C=O) groups is 3. The molecule has 3 heterocycles. The van der Waals surface area contributed by atoms with Gasteiger partial charge < -0.3 is 34.6 Å². The Bertz CT molecular complexity index is 1730. The van der Waals surface area contributed by atoms with Gasteiger partial charge >= 0.3 is 5.97 Å². The number of fused-ring (bicyclic) bond motifs is 4. The zero-order chi connectivity index (χ0) is 34.8. The SMILES string of the molecule is CN(C(=O)C12CC3OC(=O)C1N(Cc1ccc(C=CCc4ccccc4O)cc1)OC2C1OCOC31)C(Cc1ccccc1)C(=O)NCCO. The number of para-hydroxylation sites is 1. The van der Waals surface area contributed by atoms with Gasteiger partial charge in [-0.1, -0.05) is 84.9 Å². The minimum Gasteiger partial charge on any atom is -0.508 e. The standard InChI is InChI=1S/C38H41N3O9/c1-40(28(35(44)39-18-19-42)20-25-8-3-2-4-9-25)37(46)38-21-30-31-32(48-23-47-31)34(38)50-41(33(38)36(45)49-30)22-26-16-14-24(15-17-26)10-7-12-27-11-5-6-13-29(27)43/h2-11,13-17,28,30-34,42-43H,12,18-23H2,1H3,(H,39,44). The van der Waals surface area contributed by atoms with Crippen LogP contribution in [0.5, 0.6) is 5.75 Å². The molecule has 50 heavy (non-hydrogen) atoms. The van der Waals surface area contributed by atoms with Crippen molar-refractivity contribution in [3.63, 3.8) is 0 Å². The fraction of sp³-hybridized carbons (Fsp3) is 0.395. The summed E-state index contributed by atoms with van der Waals surface area (Å²) >= 11 is 0. The van der Waals surface area contributed by atoms with Crippen LogP contribution in [0.4, 0.5) is 0 Å². The Balaban J connectivity index is 1.15. The van der Waals surface area contributed by atoms with Crippen LogP contribution in [0, 0.1) is 5.41 Å². The van der Waals surface area contributed by atoms with Gasteiger partial charge in [0.2, 0.25) is 11.8 Å². The van der Waals surface area contributed by atoms with Crippen molar-refractivity contribution in [3.05, 3.63) is 107 Å². The van der Waals surface area contributed by atoms with Crippen LogP contribution >= 0.6 is 0 Å². The maximum Gasteiger partial charge on any atom is 0.327 e. The van der Waals surface area contributed by atoms with E-state index in [2.05, 4.69) is 5.32 Å². The summed E-state index contributed by atoms with van der Waals surface area (Å²) in [7, 11) is 1.57. The lowest BCUT2D eigenvalue weighted by atomic mass is 9.62. The highest BCUT2D eigenvalue weighted by Gasteiger charge is 2.75. The number of nitrogens with one attached hydrogen (secondary N) is 1. The molecule has 3 aromatic rings. The zero-order valence-corrected chi connectivity index (χ0v) is 27.7. The number of aliphatic hydroxyl groups excluding tert-OH is 1. The number of benzene rings is 3. The first-order valence-corrected chi connectivity index (χ1v) is 16.9. The quantitative estimate of drug-likeness (QED) is 0.243. The van der Waals surface area contributed by atoms with E-state index in [-0.39, 0.29) is 45.1 Å². The van der Waals surface area contributed by atoms with Gasteiger partial charge in [0.15, 0.2) is 6.04 Å².